The molecule has 0 spiro atoms. The highest BCUT2D eigenvalue weighted by atomic mass is 16.5. The number of nitrogens with zero attached hydrogens (tertiary/aromatic N) is 1. The van der Waals surface area contributed by atoms with Crippen molar-refractivity contribution in [2.24, 2.45) is 10.9 Å². The molecule has 104 valence electrons. The van der Waals surface area contributed by atoms with E-state index in [1.165, 1.54) is 5.56 Å². The first-order valence-corrected chi connectivity index (χ1v) is 6.37. The highest BCUT2D eigenvalue weighted by Gasteiger charge is 2.06. The lowest BCUT2D eigenvalue weighted by atomic mass is 10.1. The maximum Gasteiger partial charge on any atom is 0.170 e. The number of oxime groups is 1. The average molecular weight is 270 g/mol. The van der Waals surface area contributed by atoms with Crippen LogP contribution in [0, 0.1) is 13.8 Å². The van der Waals surface area contributed by atoms with E-state index >= 15 is 0 Å². The molecule has 0 radical (unpaired) electrons. The minimum absolute atomic E-state index is 0.0748. The summed E-state index contributed by atoms with van der Waals surface area (Å²) in [7, 11) is 0. The summed E-state index contributed by atoms with van der Waals surface area (Å²) < 4.78 is 5.85. The predicted octanol–water partition coefficient (Wildman–Crippen LogP) is 2.98. The third-order valence-corrected chi connectivity index (χ3v) is 3.24. The summed E-state index contributed by atoms with van der Waals surface area (Å²) in [6, 6.07) is 13.6. The van der Waals surface area contributed by atoms with Crippen LogP contribution in [0.3, 0.4) is 0 Å². The van der Waals surface area contributed by atoms with Crippen molar-refractivity contribution in [2.45, 2.75) is 20.5 Å². The van der Waals surface area contributed by atoms with E-state index < -0.39 is 0 Å². The first kappa shape index (κ1) is 13.9. The molecule has 2 rings (SSSR count). The molecule has 0 amide bonds. The van der Waals surface area contributed by atoms with Crippen molar-refractivity contribution in [1.29, 1.82) is 0 Å². The molecule has 0 aliphatic carbocycles. The molecule has 0 aromatic heterocycles. The lowest BCUT2D eigenvalue weighted by molar-refractivity contribution is 0.303. The van der Waals surface area contributed by atoms with Gasteiger partial charge in [-0.2, -0.15) is 0 Å². The minimum Gasteiger partial charge on any atom is -0.489 e. The van der Waals surface area contributed by atoms with Crippen molar-refractivity contribution in [3.05, 3.63) is 64.7 Å². The van der Waals surface area contributed by atoms with Crippen LogP contribution in [0.2, 0.25) is 0 Å². The third kappa shape index (κ3) is 3.09. The predicted molar refractivity (Wildman–Crippen MR) is 79.2 cm³/mol. The topological polar surface area (TPSA) is 67.8 Å². The van der Waals surface area contributed by atoms with E-state index in [9.17, 15) is 0 Å². The van der Waals surface area contributed by atoms with Gasteiger partial charge in [0.05, 0.1) is 0 Å². The fraction of sp³-hybridized carbons (Fsp3) is 0.188. The number of rotatable bonds is 4. The lowest BCUT2D eigenvalue weighted by Crippen LogP contribution is -2.13. The first-order chi connectivity index (χ1) is 9.61. The molecule has 0 unspecified atom stereocenters. The van der Waals surface area contributed by atoms with E-state index in [0.29, 0.717) is 12.2 Å². The number of benzene rings is 2. The Morgan fingerprint density at radius 1 is 1.15 bits per heavy atom. The molecule has 2 aromatic rings. The molecular formula is C16H18N2O2. The average Bonchev–Trinajstić information content (AvgIpc) is 2.47. The Hall–Kier alpha value is -2.49. The van der Waals surface area contributed by atoms with Gasteiger partial charge in [-0.3, -0.25) is 0 Å². The van der Waals surface area contributed by atoms with Gasteiger partial charge in [-0.1, -0.05) is 41.6 Å². The zero-order chi connectivity index (χ0) is 14.5. The normalized spacial score (nSPS) is 11.4. The van der Waals surface area contributed by atoms with E-state index in [-0.39, 0.29) is 5.84 Å². The molecule has 0 heterocycles. The number of ether oxygens (including phenoxy) is 1. The Kier molecular flexibility index (Phi) is 4.25. The second kappa shape index (κ2) is 6.10. The quantitative estimate of drug-likeness (QED) is 0.388. The lowest BCUT2D eigenvalue weighted by Gasteiger charge is -2.12. The van der Waals surface area contributed by atoms with Crippen LogP contribution in [0.25, 0.3) is 0 Å². The standard InChI is InChI=1S/C16H18N2O2/c1-11-5-3-4-6-14(11)10-20-15-9-13(16(17)18-19)8-7-12(15)2/h3-9,19H,10H2,1-2H3,(H2,17,18). The van der Waals surface area contributed by atoms with E-state index in [4.69, 9.17) is 15.7 Å². The largest absolute Gasteiger partial charge is 0.489 e. The van der Waals surface area contributed by atoms with E-state index in [1.807, 2.05) is 31.2 Å². The summed E-state index contributed by atoms with van der Waals surface area (Å²) in [6.07, 6.45) is 0. The maximum atomic E-state index is 8.71. The Balaban J connectivity index is 2.19. The van der Waals surface area contributed by atoms with Gasteiger partial charge >= 0.3 is 0 Å². The second-order valence-corrected chi connectivity index (χ2v) is 4.68. The third-order valence-electron chi connectivity index (χ3n) is 3.24. The van der Waals surface area contributed by atoms with E-state index in [1.54, 1.807) is 12.1 Å². The minimum atomic E-state index is 0.0748. The Labute approximate surface area is 118 Å². The number of amidine groups is 1. The van der Waals surface area contributed by atoms with Gasteiger partial charge in [0.1, 0.15) is 12.4 Å². The van der Waals surface area contributed by atoms with Crippen LogP contribution >= 0.6 is 0 Å². The van der Waals surface area contributed by atoms with Crippen molar-refractivity contribution in [1.82, 2.24) is 0 Å². The molecule has 0 aliphatic rings. The molecule has 0 bridgehead atoms. The summed E-state index contributed by atoms with van der Waals surface area (Å²) >= 11 is 0. The summed E-state index contributed by atoms with van der Waals surface area (Å²) in [4.78, 5) is 0. The molecule has 3 N–H and O–H groups in total. The van der Waals surface area contributed by atoms with Gasteiger partial charge in [0.2, 0.25) is 0 Å². The highest BCUT2D eigenvalue weighted by Crippen LogP contribution is 2.21. The molecular weight excluding hydrogens is 252 g/mol. The van der Waals surface area contributed by atoms with Crippen LogP contribution in [-0.2, 0) is 6.61 Å². The fourth-order valence-electron chi connectivity index (χ4n) is 1.90. The van der Waals surface area contributed by atoms with Gasteiger partial charge < -0.3 is 15.7 Å². The van der Waals surface area contributed by atoms with Crippen LogP contribution in [0.5, 0.6) is 5.75 Å². The van der Waals surface area contributed by atoms with Gasteiger partial charge in [-0.25, -0.2) is 0 Å². The molecule has 0 saturated carbocycles. The summed E-state index contributed by atoms with van der Waals surface area (Å²) in [5.74, 6) is 0.808. The van der Waals surface area contributed by atoms with Crippen molar-refractivity contribution in [2.75, 3.05) is 0 Å². The van der Waals surface area contributed by atoms with Gasteiger partial charge in [0.25, 0.3) is 0 Å². The SMILES string of the molecule is Cc1ccccc1COc1cc(/C(N)=N/O)ccc1C. The van der Waals surface area contributed by atoms with Crippen LogP contribution in [0.1, 0.15) is 22.3 Å². The number of nitrogens with two attached hydrogens (primary N) is 1. The molecule has 0 aliphatic heterocycles. The Morgan fingerprint density at radius 3 is 2.60 bits per heavy atom. The van der Waals surface area contributed by atoms with Gasteiger partial charge in [0.15, 0.2) is 5.84 Å². The molecule has 2 aromatic carbocycles. The highest BCUT2D eigenvalue weighted by molar-refractivity contribution is 5.97. The summed E-state index contributed by atoms with van der Waals surface area (Å²) in [5.41, 5.74) is 9.57. The van der Waals surface area contributed by atoms with Crippen LogP contribution in [0.4, 0.5) is 0 Å². The Bertz CT molecular complexity index is 636. The first-order valence-electron chi connectivity index (χ1n) is 6.37. The zero-order valence-electron chi connectivity index (χ0n) is 11.6. The zero-order valence-corrected chi connectivity index (χ0v) is 11.6. The van der Waals surface area contributed by atoms with Crippen molar-refractivity contribution in [3.63, 3.8) is 0 Å². The monoisotopic (exact) mass is 270 g/mol. The van der Waals surface area contributed by atoms with Crippen molar-refractivity contribution >= 4 is 5.84 Å². The second-order valence-electron chi connectivity index (χ2n) is 4.68. The smallest absolute Gasteiger partial charge is 0.170 e. The van der Waals surface area contributed by atoms with Crippen LogP contribution in [0.15, 0.2) is 47.6 Å². The van der Waals surface area contributed by atoms with Gasteiger partial charge in [-0.15, -0.1) is 0 Å². The summed E-state index contributed by atoms with van der Waals surface area (Å²) in [6.45, 7) is 4.51. The fourth-order valence-corrected chi connectivity index (χ4v) is 1.90. The summed E-state index contributed by atoms with van der Waals surface area (Å²) in [5, 5.41) is 11.7. The van der Waals surface area contributed by atoms with Crippen molar-refractivity contribution in [3.8, 4) is 5.75 Å². The van der Waals surface area contributed by atoms with E-state index in [2.05, 4.69) is 18.1 Å². The number of aryl methyl sites for hydroxylation is 2. The van der Waals surface area contributed by atoms with Crippen molar-refractivity contribution < 1.29 is 9.94 Å². The van der Waals surface area contributed by atoms with Gasteiger partial charge in [0, 0.05) is 5.56 Å². The van der Waals surface area contributed by atoms with Gasteiger partial charge in [-0.05, 0) is 36.6 Å². The van der Waals surface area contributed by atoms with Crippen LogP contribution in [-0.4, -0.2) is 11.0 Å². The molecule has 4 nitrogen and oxygen atoms in total. The molecule has 0 fully saturated rings. The maximum absolute atomic E-state index is 8.71. The Morgan fingerprint density at radius 2 is 1.90 bits per heavy atom. The molecule has 20 heavy (non-hydrogen) atoms. The van der Waals surface area contributed by atoms with E-state index in [0.717, 1.165) is 16.9 Å². The molecule has 4 heteroatoms. The number of hydrogen-bond donors (Lipinski definition) is 2. The molecule has 0 saturated heterocycles. The van der Waals surface area contributed by atoms with Crippen LogP contribution < -0.4 is 10.5 Å². The number of hydrogen-bond acceptors (Lipinski definition) is 3. The molecule has 0 atom stereocenters.